The Morgan fingerprint density at radius 3 is 2.58 bits per heavy atom. The number of nitrogens with two attached hydrogens (primary N) is 1. The molecule has 0 atom stereocenters. The molecule has 1 aromatic carbocycles. The molecule has 102 valence electrons. The summed E-state index contributed by atoms with van der Waals surface area (Å²) in [6.07, 6.45) is 1.93. The Labute approximate surface area is 112 Å². The maximum atomic E-state index is 5.60. The number of nitrogen functional groups attached to an aromatic ring is 1. The zero-order chi connectivity index (χ0) is 13.8. The van der Waals surface area contributed by atoms with E-state index in [9.17, 15) is 0 Å². The minimum absolute atomic E-state index is 0.684. The molecule has 0 unspecified atom stereocenters. The van der Waals surface area contributed by atoms with Crippen molar-refractivity contribution >= 4 is 16.6 Å². The highest BCUT2D eigenvalue weighted by Gasteiger charge is 2.12. The Morgan fingerprint density at radius 2 is 2.00 bits per heavy atom. The smallest absolute Gasteiger partial charge is 0.148 e. The van der Waals surface area contributed by atoms with Crippen LogP contribution in [-0.4, -0.2) is 19.2 Å². The van der Waals surface area contributed by atoms with Crippen molar-refractivity contribution in [2.75, 3.05) is 19.6 Å². The van der Waals surface area contributed by atoms with Crippen LogP contribution in [0.2, 0.25) is 0 Å². The van der Waals surface area contributed by atoms with Gasteiger partial charge in [-0.05, 0) is 18.6 Å². The molecule has 5 heteroatoms. The number of methoxy groups -OCH3 is 2. The van der Waals surface area contributed by atoms with Crippen LogP contribution in [0.4, 0.5) is 5.69 Å². The number of pyridine rings is 1. The first-order valence-electron chi connectivity index (χ1n) is 6.25. The van der Waals surface area contributed by atoms with Crippen molar-refractivity contribution in [1.82, 2.24) is 4.98 Å². The largest absolute Gasteiger partial charge is 0.497 e. The highest BCUT2D eigenvalue weighted by atomic mass is 16.5. The lowest BCUT2D eigenvalue weighted by Gasteiger charge is -2.13. The van der Waals surface area contributed by atoms with Crippen molar-refractivity contribution in [2.45, 2.75) is 19.8 Å². The number of hydrazine groups is 1. The number of fused-ring (bicyclic) bond motifs is 1. The van der Waals surface area contributed by atoms with E-state index in [0.29, 0.717) is 11.5 Å². The number of nitrogens with one attached hydrogen (secondary N) is 1. The first-order chi connectivity index (χ1) is 9.23. The summed E-state index contributed by atoms with van der Waals surface area (Å²) in [6, 6.07) is 5.69. The van der Waals surface area contributed by atoms with E-state index in [1.807, 2.05) is 18.2 Å². The molecule has 0 saturated carbocycles. The second-order valence-electron chi connectivity index (χ2n) is 4.28. The number of benzene rings is 1. The van der Waals surface area contributed by atoms with Crippen LogP contribution in [0.15, 0.2) is 18.2 Å². The van der Waals surface area contributed by atoms with Gasteiger partial charge < -0.3 is 14.9 Å². The number of ether oxygens (including phenoxy) is 2. The first kappa shape index (κ1) is 13.4. The van der Waals surface area contributed by atoms with E-state index in [0.717, 1.165) is 35.1 Å². The number of aryl methyl sites for hydroxylation is 1. The number of nitrogens with zero attached hydrogens (tertiary/aromatic N) is 1. The summed E-state index contributed by atoms with van der Waals surface area (Å²) < 4.78 is 10.7. The summed E-state index contributed by atoms with van der Waals surface area (Å²) in [5.41, 5.74) is 5.33. The van der Waals surface area contributed by atoms with Gasteiger partial charge in [0.15, 0.2) is 0 Å². The molecule has 0 spiro atoms. The van der Waals surface area contributed by atoms with Crippen molar-refractivity contribution in [3.63, 3.8) is 0 Å². The van der Waals surface area contributed by atoms with E-state index in [1.54, 1.807) is 14.2 Å². The molecule has 1 aromatic heterocycles. The molecule has 2 rings (SSSR count). The van der Waals surface area contributed by atoms with Crippen molar-refractivity contribution < 1.29 is 9.47 Å². The number of aromatic nitrogens is 1. The lowest BCUT2D eigenvalue weighted by atomic mass is 10.1. The normalized spacial score (nSPS) is 10.5. The number of rotatable bonds is 5. The van der Waals surface area contributed by atoms with Crippen LogP contribution in [-0.2, 0) is 6.42 Å². The van der Waals surface area contributed by atoms with Crippen LogP contribution in [0.5, 0.6) is 11.5 Å². The Kier molecular flexibility index (Phi) is 4.06. The van der Waals surface area contributed by atoms with Crippen LogP contribution in [0.1, 0.15) is 19.0 Å². The van der Waals surface area contributed by atoms with E-state index >= 15 is 0 Å². The predicted molar refractivity (Wildman–Crippen MR) is 76.7 cm³/mol. The summed E-state index contributed by atoms with van der Waals surface area (Å²) in [5, 5.41) is 0.888. The molecule has 5 nitrogen and oxygen atoms in total. The zero-order valence-electron chi connectivity index (χ0n) is 11.5. The Morgan fingerprint density at radius 1 is 1.21 bits per heavy atom. The third-order valence-corrected chi connectivity index (χ3v) is 3.02. The summed E-state index contributed by atoms with van der Waals surface area (Å²) in [5.74, 6) is 7.00. The molecule has 3 N–H and O–H groups in total. The third-order valence-electron chi connectivity index (χ3n) is 3.02. The topological polar surface area (TPSA) is 69.4 Å². The molecule has 0 aliphatic heterocycles. The maximum Gasteiger partial charge on any atom is 0.148 e. The lowest BCUT2D eigenvalue weighted by molar-refractivity contribution is 0.397. The molecule has 0 saturated heterocycles. The molecule has 0 fully saturated rings. The van der Waals surface area contributed by atoms with Crippen LogP contribution < -0.4 is 20.7 Å². The standard InChI is InChI=1S/C14H19N3O2/c1-4-5-9-6-12(17-15)11-7-10(18-2)8-13(19-3)14(11)16-9/h6-8H,4-5,15H2,1-3H3,(H,16,17). The predicted octanol–water partition coefficient (Wildman–Crippen LogP) is 2.49. The monoisotopic (exact) mass is 261 g/mol. The number of hydrogen-bond donors (Lipinski definition) is 2. The zero-order valence-corrected chi connectivity index (χ0v) is 11.5. The average molecular weight is 261 g/mol. The van der Waals surface area contributed by atoms with Crippen molar-refractivity contribution in [3.8, 4) is 11.5 Å². The molecule has 19 heavy (non-hydrogen) atoms. The first-order valence-corrected chi connectivity index (χ1v) is 6.25. The Balaban J connectivity index is 2.73. The minimum Gasteiger partial charge on any atom is -0.497 e. The van der Waals surface area contributed by atoms with Gasteiger partial charge in [0, 0.05) is 17.1 Å². The van der Waals surface area contributed by atoms with Crippen molar-refractivity contribution in [1.29, 1.82) is 0 Å². The summed E-state index contributed by atoms with van der Waals surface area (Å²) in [6.45, 7) is 2.12. The van der Waals surface area contributed by atoms with Gasteiger partial charge in [-0.15, -0.1) is 0 Å². The van der Waals surface area contributed by atoms with E-state index < -0.39 is 0 Å². The summed E-state index contributed by atoms with van der Waals surface area (Å²) >= 11 is 0. The molecule has 0 radical (unpaired) electrons. The SMILES string of the molecule is CCCc1cc(NN)c2cc(OC)cc(OC)c2n1. The van der Waals surface area contributed by atoms with Crippen molar-refractivity contribution in [2.24, 2.45) is 5.84 Å². The fourth-order valence-electron chi connectivity index (χ4n) is 2.10. The summed E-state index contributed by atoms with van der Waals surface area (Å²) in [4.78, 5) is 4.64. The average Bonchev–Trinajstić information content (AvgIpc) is 2.45. The van der Waals surface area contributed by atoms with Gasteiger partial charge >= 0.3 is 0 Å². The molecular weight excluding hydrogens is 242 g/mol. The molecule has 0 bridgehead atoms. The van der Waals surface area contributed by atoms with E-state index in [4.69, 9.17) is 15.3 Å². The van der Waals surface area contributed by atoms with E-state index in [2.05, 4.69) is 17.3 Å². The highest BCUT2D eigenvalue weighted by molar-refractivity contribution is 5.96. The molecule has 1 heterocycles. The van der Waals surface area contributed by atoms with Gasteiger partial charge in [0.25, 0.3) is 0 Å². The van der Waals surface area contributed by atoms with Gasteiger partial charge in [0.1, 0.15) is 17.0 Å². The molecule has 2 aromatic rings. The maximum absolute atomic E-state index is 5.60. The quantitative estimate of drug-likeness (QED) is 0.639. The molecule has 0 aliphatic carbocycles. The van der Waals surface area contributed by atoms with Gasteiger partial charge in [-0.3, -0.25) is 5.84 Å². The minimum atomic E-state index is 0.684. The van der Waals surface area contributed by atoms with E-state index in [-0.39, 0.29) is 0 Å². The van der Waals surface area contributed by atoms with Gasteiger partial charge in [0.2, 0.25) is 0 Å². The fourth-order valence-corrected chi connectivity index (χ4v) is 2.10. The van der Waals surface area contributed by atoms with Crippen molar-refractivity contribution in [3.05, 3.63) is 23.9 Å². The van der Waals surface area contributed by atoms with Gasteiger partial charge in [-0.1, -0.05) is 13.3 Å². The van der Waals surface area contributed by atoms with Gasteiger partial charge in [0.05, 0.1) is 19.9 Å². The van der Waals surface area contributed by atoms with Crippen LogP contribution in [0, 0.1) is 0 Å². The van der Waals surface area contributed by atoms with Crippen LogP contribution in [0.25, 0.3) is 10.9 Å². The van der Waals surface area contributed by atoms with Gasteiger partial charge in [-0.25, -0.2) is 4.98 Å². The van der Waals surface area contributed by atoms with E-state index in [1.165, 1.54) is 0 Å². The number of anilines is 1. The molecule has 0 aliphatic rings. The Hall–Kier alpha value is -2.01. The third kappa shape index (κ3) is 2.56. The van der Waals surface area contributed by atoms with Crippen LogP contribution >= 0.6 is 0 Å². The molecular formula is C14H19N3O2. The second kappa shape index (κ2) is 5.75. The van der Waals surface area contributed by atoms with Gasteiger partial charge in [-0.2, -0.15) is 0 Å². The fraction of sp³-hybridized carbons (Fsp3) is 0.357. The van der Waals surface area contributed by atoms with Crippen LogP contribution in [0.3, 0.4) is 0 Å². The summed E-state index contributed by atoms with van der Waals surface area (Å²) in [7, 11) is 3.24. The lowest BCUT2D eigenvalue weighted by Crippen LogP contribution is -2.09. The molecule has 0 amide bonds. The number of hydrogen-bond acceptors (Lipinski definition) is 5. The Bertz CT molecular complexity index is 584. The highest BCUT2D eigenvalue weighted by Crippen LogP contribution is 2.34. The second-order valence-corrected chi connectivity index (χ2v) is 4.28.